The van der Waals surface area contributed by atoms with Crippen LogP contribution in [0.2, 0.25) is 0 Å². The first kappa shape index (κ1) is 15.0. The van der Waals surface area contributed by atoms with E-state index in [9.17, 15) is 9.59 Å². The van der Waals surface area contributed by atoms with E-state index >= 15 is 0 Å². The summed E-state index contributed by atoms with van der Waals surface area (Å²) in [6, 6.07) is 7.48. The summed E-state index contributed by atoms with van der Waals surface area (Å²) in [5, 5.41) is 5.37. The topological polar surface area (TPSA) is 67.4 Å². The van der Waals surface area contributed by atoms with Crippen molar-refractivity contribution in [3.05, 3.63) is 29.8 Å². The molecule has 1 rings (SSSR count). The van der Waals surface area contributed by atoms with Crippen molar-refractivity contribution in [1.29, 1.82) is 0 Å². The number of benzene rings is 1. The molecule has 1 aromatic rings. The molecule has 0 radical (unpaired) electrons. The summed E-state index contributed by atoms with van der Waals surface area (Å²) in [7, 11) is 1.62. The second-order valence-corrected chi connectivity index (χ2v) is 4.24. The van der Waals surface area contributed by atoms with E-state index < -0.39 is 0 Å². The van der Waals surface area contributed by atoms with Crippen LogP contribution in [0.15, 0.2) is 24.3 Å². The Hall–Kier alpha value is -2.04. The van der Waals surface area contributed by atoms with Crippen molar-refractivity contribution in [2.75, 3.05) is 20.2 Å². The van der Waals surface area contributed by atoms with Crippen molar-refractivity contribution in [3.8, 4) is 5.75 Å². The van der Waals surface area contributed by atoms with E-state index in [0.717, 1.165) is 17.7 Å². The number of hydrogen-bond donors (Lipinski definition) is 2. The Bertz CT molecular complexity index is 432. The number of hydrogen-bond acceptors (Lipinski definition) is 3. The molecule has 0 aliphatic heterocycles. The fourth-order valence-corrected chi connectivity index (χ4v) is 1.56. The van der Waals surface area contributed by atoms with Crippen LogP contribution in [0.25, 0.3) is 0 Å². The van der Waals surface area contributed by atoms with Crippen LogP contribution in [0, 0.1) is 0 Å². The van der Waals surface area contributed by atoms with Gasteiger partial charge < -0.3 is 15.4 Å². The summed E-state index contributed by atoms with van der Waals surface area (Å²) in [5.74, 6) is 0.875. The van der Waals surface area contributed by atoms with E-state index in [1.165, 1.54) is 6.92 Å². The van der Waals surface area contributed by atoms with Crippen molar-refractivity contribution in [3.63, 3.8) is 0 Å². The lowest BCUT2D eigenvalue weighted by molar-refractivity contribution is -0.116. The summed E-state index contributed by atoms with van der Waals surface area (Å²) >= 11 is 0. The number of Topliss-reactive ketones (excluding diaryl/α,β-unsaturated/α-hetero) is 1. The fraction of sp³-hybridized carbons (Fsp3) is 0.429. The molecular formula is C14H20N2O3. The van der Waals surface area contributed by atoms with Gasteiger partial charge in [0.15, 0.2) is 0 Å². The first-order valence-corrected chi connectivity index (χ1v) is 6.26. The minimum absolute atomic E-state index is 0.0664. The van der Waals surface area contributed by atoms with Gasteiger partial charge in [-0.15, -0.1) is 0 Å². The molecule has 0 spiro atoms. The third-order valence-corrected chi connectivity index (χ3v) is 2.60. The fourth-order valence-electron chi connectivity index (χ4n) is 1.56. The zero-order chi connectivity index (χ0) is 14.1. The monoisotopic (exact) mass is 264 g/mol. The zero-order valence-electron chi connectivity index (χ0n) is 11.4. The zero-order valence-corrected chi connectivity index (χ0v) is 11.4. The predicted molar refractivity (Wildman–Crippen MR) is 73.4 cm³/mol. The molecule has 0 aliphatic carbocycles. The van der Waals surface area contributed by atoms with Crippen LogP contribution in [0.4, 0.5) is 4.79 Å². The van der Waals surface area contributed by atoms with Gasteiger partial charge in [-0.25, -0.2) is 4.79 Å². The van der Waals surface area contributed by atoms with Gasteiger partial charge >= 0.3 is 6.03 Å². The number of carbonyl (C=O) groups excluding carboxylic acids is 2. The van der Waals surface area contributed by atoms with Crippen molar-refractivity contribution < 1.29 is 14.3 Å². The van der Waals surface area contributed by atoms with Crippen molar-refractivity contribution >= 4 is 11.8 Å². The van der Waals surface area contributed by atoms with Crippen LogP contribution in [-0.2, 0) is 11.2 Å². The standard InChI is InChI=1S/C14H20N2O3/c1-11(17)6-8-15-14(18)16-9-7-12-4-3-5-13(10-12)19-2/h3-5,10H,6-9H2,1-2H3,(H2,15,16,18). The molecule has 0 saturated heterocycles. The Balaban J connectivity index is 2.22. The molecule has 1 aromatic carbocycles. The van der Waals surface area contributed by atoms with Crippen LogP contribution >= 0.6 is 0 Å². The quantitative estimate of drug-likeness (QED) is 0.784. The molecule has 0 unspecified atom stereocenters. The van der Waals surface area contributed by atoms with Gasteiger partial charge in [0.2, 0.25) is 0 Å². The lowest BCUT2D eigenvalue weighted by Crippen LogP contribution is -2.37. The molecule has 104 valence electrons. The largest absolute Gasteiger partial charge is 0.497 e. The van der Waals surface area contributed by atoms with E-state index in [2.05, 4.69) is 10.6 Å². The SMILES string of the molecule is COc1cccc(CCNC(=O)NCCC(C)=O)c1. The lowest BCUT2D eigenvalue weighted by atomic mass is 10.1. The van der Waals surface area contributed by atoms with E-state index in [-0.39, 0.29) is 11.8 Å². The van der Waals surface area contributed by atoms with Gasteiger partial charge in [0.25, 0.3) is 0 Å². The minimum atomic E-state index is -0.246. The highest BCUT2D eigenvalue weighted by atomic mass is 16.5. The maximum Gasteiger partial charge on any atom is 0.314 e. The summed E-state index contributed by atoms with van der Waals surface area (Å²) in [5.41, 5.74) is 1.10. The minimum Gasteiger partial charge on any atom is -0.497 e. The molecule has 0 heterocycles. The number of ketones is 1. The van der Waals surface area contributed by atoms with Gasteiger partial charge in [-0.2, -0.15) is 0 Å². The van der Waals surface area contributed by atoms with Crippen LogP contribution in [0.3, 0.4) is 0 Å². The highest BCUT2D eigenvalue weighted by molar-refractivity contribution is 5.77. The van der Waals surface area contributed by atoms with Crippen LogP contribution in [0.5, 0.6) is 5.75 Å². The number of amides is 2. The van der Waals surface area contributed by atoms with E-state index in [4.69, 9.17) is 4.74 Å². The highest BCUT2D eigenvalue weighted by Gasteiger charge is 2.01. The number of urea groups is 1. The van der Waals surface area contributed by atoms with Crippen molar-refractivity contribution in [1.82, 2.24) is 10.6 Å². The Labute approximate surface area is 113 Å². The molecule has 0 saturated carbocycles. The summed E-state index contributed by atoms with van der Waals surface area (Å²) in [6.45, 7) is 2.42. The van der Waals surface area contributed by atoms with Gasteiger partial charge in [-0.1, -0.05) is 12.1 Å². The average Bonchev–Trinajstić information content (AvgIpc) is 2.38. The Morgan fingerprint density at radius 1 is 1.21 bits per heavy atom. The Morgan fingerprint density at radius 2 is 1.95 bits per heavy atom. The van der Waals surface area contributed by atoms with Gasteiger partial charge in [-0.05, 0) is 31.0 Å². The van der Waals surface area contributed by atoms with Gasteiger partial charge in [0.05, 0.1) is 7.11 Å². The third kappa shape index (κ3) is 6.45. The van der Waals surface area contributed by atoms with E-state index in [1.54, 1.807) is 7.11 Å². The Kier molecular flexibility index (Phi) is 6.43. The lowest BCUT2D eigenvalue weighted by Gasteiger charge is -2.07. The smallest absolute Gasteiger partial charge is 0.314 e. The molecule has 5 nitrogen and oxygen atoms in total. The molecule has 0 aromatic heterocycles. The second-order valence-electron chi connectivity index (χ2n) is 4.24. The first-order chi connectivity index (χ1) is 9.11. The molecule has 0 atom stereocenters. The Morgan fingerprint density at radius 3 is 2.63 bits per heavy atom. The normalized spacial score (nSPS) is 9.79. The number of carbonyl (C=O) groups is 2. The average molecular weight is 264 g/mol. The van der Waals surface area contributed by atoms with Gasteiger partial charge in [-0.3, -0.25) is 4.79 Å². The maximum absolute atomic E-state index is 11.4. The molecule has 0 fully saturated rings. The van der Waals surface area contributed by atoms with Gasteiger partial charge in [0.1, 0.15) is 11.5 Å². The van der Waals surface area contributed by atoms with Crippen molar-refractivity contribution in [2.24, 2.45) is 0 Å². The predicted octanol–water partition coefficient (Wildman–Crippen LogP) is 1.52. The van der Waals surface area contributed by atoms with Crippen LogP contribution in [-0.4, -0.2) is 32.0 Å². The number of methoxy groups -OCH3 is 1. The van der Waals surface area contributed by atoms with Gasteiger partial charge in [0, 0.05) is 19.5 Å². The highest BCUT2D eigenvalue weighted by Crippen LogP contribution is 2.12. The molecular weight excluding hydrogens is 244 g/mol. The maximum atomic E-state index is 11.4. The summed E-state index contributed by atoms with van der Waals surface area (Å²) < 4.78 is 5.13. The van der Waals surface area contributed by atoms with E-state index in [0.29, 0.717) is 19.5 Å². The number of rotatable bonds is 7. The molecule has 2 N–H and O–H groups in total. The molecule has 19 heavy (non-hydrogen) atoms. The van der Waals surface area contributed by atoms with E-state index in [1.807, 2.05) is 24.3 Å². The number of nitrogens with one attached hydrogen (secondary N) is 2. The van der Waals surface area contributed by atoms with Crippen molar-refractivity contribution in [2.45, 2.75) is 19.8 Å². The first-order valence-electron chi connectivity index (χ1n) is 6.26. The molecule has 5 heteroatoms. The van der Waals surface area contributed by atoms with Crippen LogP contribution in [0.1, 0.15) is 18.9 Å². The second kappa shape index (κ2) is 8.13. The number of ether oxygens (including phenoxy) is 1. The molecule has 0 aliphatic rings. The summed E-state index contributed by atoms with van der Waals surface area (Å²) in [6.07, 6.45) is 1.10. The third-order valence-electron chi connectivity index (χ3n) is 2.60. The molecule has 0 bridgehead atoms. The molecule has 2 amide bonds. The van der Waals surface area contributed by atoms with Crippen LogP contribution < -0.4 is 15.4 Å². The summed E-state index contributed by atoms with van der Waals surface area (Å²) in [4.78, 5) is 22.1.